The lowest BCUT2D eigenvalue weighted by Crippen LogP contribution is -2.52. The van der Waals surface area contributed by atoms with Crippen LogP contribution in [-0.4, -0.2) is 60.2 Å². The minimum atomic E-state index is -2.83. The van der Waals surface area contributed by atoms with Crippen molar-refractivity contribution < 1.29 is 13.5 Å². The molecule has 29 heavy (non-hydrogen) atoms. The summed E-state index contributed by atoms with van der Waals surface area (Å²) in [5.41, 5.74) is 0.810. The van der Waals surface area contributed by atoms with E-state index in [1.807, 2.05) is 13.0 Å². The van der Waals surface area contributed by atoms with Crippen molar-refractivity contribution >= 4 is 35.9 Å². The molecule has 2 aromatic rings. The molecule has 1 aromatic carbocycles. The number of aromatic nitrogens is 2. The van der Waals surface area contributed by atoms with Crippen molar-refractivity contribution in [2.45, 2.75) is 20.1 Å². The van der Waals surface area contributed by atoms with Gasteiger partial charge in [0.15, 0.2) is 5.96 Å². The zero-order valence-corrected chi connectivity index (χ0v) is 18.5. The second-order valence-electron chi connectivity index (χ2n) is 6.22. The van der Waals surface area contributed by atoms with Gasteiger partial charge >= 0.3 is 6.61 Å². The molecule has 10 heteroatoms. The van der Waals surface area contributed by atoms with E-state index < -0.39 is 6.61 Å². The van der Waals surface area contributed by atoms with Gasteiger partial charge in [-0.3, -0.25) is 0 Å². The third-order valence-corrected chi connectivity index (χ3v) is 4.28. The Balaban J connectivity index is 0.00000300. The van der Waals surface area contributed by atoms with Crippen LogP contribution in [0.4, 0.5) is 14.7 Å². The number of nitrogens with zero attached hydrogens (tertiary/aromatic N) is 5. The van der Waals surface area contributed by atoms with E-state index in [0.717, 1.165) is 50.2 Å². The number of halogens is 3. The summed E-state index contributed by atoms with van der Waals surface area (Å²) in [7, 11) is 0. The molecule has 1 aliphatic heterocycles. The zero-order valence-electron chi connectivity index (χ0n) is 16.2. The highest BCUT2D eigenvalue weighted by Crippen LogP contribution is 2.17. The van der Waals surface area contributed by atoms with E-state index in [-0.39, 0.29) is 29.7 Å². The van der Waals surface area contributed by atoms with E-state index in [4.69, 9.17) is 0 Å². The van der Waals surface area contributed by atoms with Crippen LogP contribution >= 0.6 is 24.0 Å². The average Bonchev–Trinajstić information content (AvgIpc) is 2.72. The maximum atomic E-state index is 12.4. The Morgan fingerprint density at radius 3 is 2.55 bits per heavy atom. The van der Waals surface area contributed by atoms with Gasteiger partial charge in [0.1, 0.15) is 5.75 Å². The average molecular weight is 518 g/mol. The van der Waals surface area contributed by atoms with Crippen LogP contribution in [0.5, 0.6) is 5.75 Å². The van der Waals surface area contributed by atoms with Gasteiger partial charge in [-0.05, 0) is 30.7 Å². The van der Waals surface area contributed by atoms with Crippen LogP contribution in [-0.2, 0) is 6.54 Å². The van der Waals surface area contributed by atoms with Crippen LogP contribution in [0.15, 0.2) is 47.7 Å². The molecule has 0 saturated carbocycles. The van der Waals surface area contributed by atoms with Gasteiger partial charge in [0.05, 0.1) is 6.54 Å². The second-order valence-corrected chi connectivity index (χ2v) is 6.22. The van der Waals surface area contributed by atoms with Crippen molar-refractivity contribution in [2.24, 2.45) is 4.99 Å². The number of guanidine groups is 1. The van der Waals surface area contributed by atoms with Crippen molar-refractivity contribution in [3.05, 3.63) is 48.3 Å². The van der Waals surface area contributed by atoms with Crippen molar-refractivity contribution in [3.63, 3.8) is 0 Å². The quantitative estimate of drug-likeness (QED) is 0.361. The van der Waals surface area contributed by atoms with Crippen molar-refractivity contribution in [2.75, 3.05) is 37.6 Å². The van der Waals surface area contributed by atoms with Crippen molar-refractivity contribution in [3.8, 4) is 5.75 Å². The number of piperazine rings is 1. The van der Waals surface area contributed by atoms with Crippen molar-refractivity contribution in [1.82, 2.24) is 20.2 Å². The molecule has 0 aliphatic carbocycles. The van der Waals surface area contributed by atoms with Gasteiger partial charge in [-0.1, -0.05) is 12.1 Å². The van der Waals surface area contributed by atoms with E-state index in [0.29, 0.717) is 6.54 Å². The van der Waals surface area contributed by atoms with Crippen LogP contribution in [0.25, 0.3) is 0 Å². The first-order valence-corrected chi connectivity index (χ1v) is 9.24. The number of anilines is 1. The SMILES string of the molecule is CCNC(=NCc1cccc(OC(F)F)c1)N1CCN(c2ncccn2)CC1.I. The first-order chi connectivity index (χ1) is 13.7. The molecule has 1 fully saturated rings. The van der Waals surface area contributed by atoms with E-state index in [1.54, 1.807) is 30.6 Å². The lowest BCUT2D eigenvalue weighted by molar-refractivity contribution is -0.0498. The molecule has 3 rings (SSSR count). The van der Waals surface area contributed by atoms with Gasteiger partial charge in [0, 0.05) is 45.1 Å². The Morgan fingerprint density at radius 1 is 1.17 bits per heavy atom. The molecule has 0 amide bonds. The van der Waals surface area contributed by atoms with Gasteiger partial charge in [-0.2, -0.15) is 8.78 Å². The minimum absolute atomic E-state index is 0. The number of rotatable bonds is 6. The smallest absolute Gasteiger partial charge is 0.387 e. The fourth-order valence-corrected chi connectivity index (χ4v) is 2.98. The Bertz CT molecular complexity index is 772. The normalized spacial score (nSPS) is 14.6. The lowest BCUT2D eigenvalue weighted by atomic mass is 10.2. The summed E-state index contributed by atoms with van der Waals surface area (Å²) in [6.45, 7) is 3.48. The molecule has 2 heterocycles. The van der Waals surface area contributed by atoms with Crippen molar-refractivity contribution in [1.29, 1.82) is 0 Å². The number of aliphatic imine (C=N–C) groups is 1. The van der Waals surface area contributed by atoms with Crippen LogP contribution in [0.1, 0.15) is 12.5 Å². The molecule has 0 unspecified atom stereocenters. The fraction of sp³-hybridized carbons (Fsp3) is 0.421. The summed E-state index contributed by atoms with van der Waals surface area (Å²) >= 11 is 0. The molecule has 0 atom stereocenters. The summed E-state index contributed by atoms with van der Waals surface area (Å²) in [4.78, 5) is 17.6. The van der Waals surface area contributed by atoms with Crippen LogP contribution in [0.2, 0.25) is 0 Å². The fourth-order valence-electron chi connectivity index (χ4n) is 2.98. The van der Waals surface area contributed by atoms with Crippen LogP contribution in [0, 0.1) is 0 Å². The molecular formula is C19H25F2IN6O. The summed E-state index contributed by atoms with van der Waals surface area (Å²) in [6, 6.07) is 8.43. The Hall–Kier alpha value is -2.24. The molecule has 1 saturated heterocycles. The van der Waals surface area contributed by atoms with Gasteiger partial charge in [0.2, 0.25) is 5.95 Å². The maximum Gasteiger partial charge on any atom is 0.387 e. The number of hydrogen-bond acceptors (Lipinski definition) is 5. The molecule has 0 spiro atoms. The molecule has 1 aromatic heterocycles. The predicted molar refractivity (Wildman–Crippen MR) is 119 cm³/mol. The zero-order chi connectivity index (χ0) is 19.8. The number of alkyl halides is 2. The number of hydrogen-bond donors (Lipinski definition) is 1. The molecule has 1 aliphatic rings. The maximum absolute atomic E-state index is 12.4. The first-order valence-electron chi connectivity index (χ1n) is 9.24. The predicted octanol–water partition coefficient (Wildman–Crippen LogP) is 2.98. The Labute approximate surface area is 186 Å². The van der Waals surface area contributed by atoms with Gasteiger partial charge in [-0.25, -0.2) is 15.0 Å². The van der Waals surface area contributed by atoms with Gasteiger partial charge in [0.25, 0.3) is 0 Å². The van der Waals surface area contributed by atoms with E-state index in [1.165, 1.54) is 6.07 Å². The molecule has 7 nitrogen and oxygen atoms in total. The third kappa shape index (κ3) is 6.94. The topological polar surface area (TPSA) is 65.9 Å². The first kappa shape index (κ1) is 23.0. The Morgan fingerprint density at radius 2 is 1.90 bits per heavy atom. The highest BCUT2D eigenvalue weighted by Gasteiger charge is 2.21. The van der Waals surface area contributed by atoms with Crippen LogP contribution in [0.3, 0.4) is 0 Å². The summed E-state index contributed by atoms with van der Waals surface area (Å²) in [5, 5.41) is 3.30. The van der Waals surface area contributed by atoms with E-state index in [9.17, 15) is 8.78 Å². The molecule has 158 valence electrons. The lowest BCUT2D eigenvalue weighted by Gasteiger charge is -2.36. The highest BCUT2D eigenvalue weighted by atomic mass is 127. The largest absolute Gasteiger partial charge is 0.435 e. The number of nitrogens with one attached hydrogen (secondary N) is 1. The van der Waals surface area contributed by atoms with E-state index in [2.05, 4.69) is 34.8 Å². The molecule has 0 bridgehead atoms. The number of benzene rings is 1. The monoisotopic (exact) mass is 518 g/mol. The third-order valence-electron chi connectivity index (χ3n) is 4.28. The number of ether oxygens (including phenoxy) is 1. The summed E-state index contributed by atoms with van der Waals surface area (Å²) in [5.74, 6) is 1.68. The highest BCUT2D eigenvalue weighted by molar-refractivity contribution is 14.0. The second kappa shape index (κ2) is 11.7. The summed E-state index contributed by atoms with van der Waals surface area (Å²) < 4.78 is 29.2. The van der Waals surface area contributed by atoms with Gasteiger partial charge in [-0.15, -0.1) is 24.0 Å². The standard InChI is InChI=1S/C19H24F2N6O.HI/c1-2-22-18(25-14-15-5-3-6-16(13-15)28-17(20)21)26-9-11-27(12-10-26)19-23-7-4-8-24-19;/h3-8,13,17H,2,9-12,14H2,1H3,(H,22,25);1H. The van der Waals surface area contributed by atoms with Crippen LogP contribution < -0.4 is 15.0 Å². The van der Waals surface area contributed by atoms with E-state index >= 15 is 0 Å². The minimum Gasteiger partial charge on any atom is -0.435 e. The Kier molecular flexibility index (Phi) is 9.29. The molecule has 0 radical (unpaired) electrons. The van der Waals surface area contributed by atoms with Gasteiger partial charge < -0.3 is 19.9 Å². The molecular weight excluding hydrogens is 493 g/mol. The molecule has 1 N–H and O–H groups in total. The summed E-state index contributed by atoms with van der Waals surface area (Å²) in [6.07, 6.45) is 3.48.